The minimum absolute atomic E-state index is 0.0785. The van der Waals surface area contributed by atoms with Crippen LogP contribution in [0.5, 0.6) is 5.75 Å². The molecule has 0 amide bonds. The molecule has 0 fully saturated rings. The highest BCUT2D eigenvalue weighted by Crippen LogP contribution is 2.34. The van der Waals surface area contributed by atoms with E-state index in [2.05, 4.69) is 34.7 Å². The molecule has 1 heterocycles. The lowest BCUT2D eigenvalue weighted by atomic mass is 9.93. The van der Waals surface area contributed by atoms with Gasteiger partial charge in [-0.25, -0.2) is 0 Å². The number of ether oxygens (including phenoxy) is 1. The number of nitrogens with zero attached hydrogens (tertiary/aromatic N) is 1. The van der Waals surface area contributed by atoms with Crippen molar-refractivity contribution in [2.24, 2.45) is 0 Å². The summed E-state index contributed by atoms with van der Waals surface area (Å²) < 4.78 is 7.53. The van der Waals surface area contributed by atoms with Gasteiger partial charge >= 0.3 is 0 Å². The van der Waals surface area contributed by atoms with Crippen LogP contribution in [-0.2, 0) is 18.7 Å². The minimum Gasteiger partial charge on any atom is -0.489 e. The third kappa shape index (κ3) is 4.95. The molecular weight excluding hydrogens is 501 g/mol. The maximum atomic E-state index is 11.9. The molecule has 4 nitrogen and oxygen atoms in total. The summed E-state index contributed by atoms with van der Waals surface area (Å²) in [6.45, 7) is 2.64. The van der Waals surface area contributed by atoms with E-state index in [1.165, 1.54) is 9.13 Å². The molecule has 3 aromatic carbocycles. The van der Waals surface area contributed by atoms with E-state index in [1.54, 1.807) is 6.92 Å². The van der Waals surface area contributed by atoms with E-state index >= 15 is 0 Å². The molecule has 1 aliphatic heterocycles. The van der Waals surface area contributed by atoms with Crippen molar-refractivity contribution >= 4 is 22.6 Å². The number of halogens is 1. The van der Waals surface area contributed by atoms with Crippen LogP contribution in [0.3, 0.4) is 0 Å². The fourth-order valence-corrected chi connectivity index (χ4v) is 4.84. The third-order valence-corrected chi connectivity index (χ3v) is 6.63. The number of aryl methyl sites for hydroxylation is 1. The van der Waals surface area contributed by atoms with Crippen LogP contribution in [0.2, 0.25) is 0 Å². The molecule has 0 bridgehead atoms. The Morgan fingerprint density at radius 3 is 2.42 bits per heavy atom. The zero-order chi connectivity index (χ0) is 21.8. The number of hydrogen-bond acceptors (Lipinski definition) is 4. The lowest BCUT2D eigenvalue weighted by Crippen LogP contribution is -2.55. The van der Waals surface area contributed by atoms with E-state index in [-0.39, 0.29) is 6.10 Å². The molecular formula is C26H28INO3. The summed E-state index contributed by atoms with van der Waals surface area (Å²) in [6, 6.07) is 25.7. The van der Waals surface area contributed by atoms with Gasteiger partial charge < -0.3 is 14.9 Å². The Bertz CT molecular complexity index is 996. The molecule has 5 heteroatoms. The highest BCUT2D eigenvalue weighted by Gasteiger charge is 2.42. The predicted molar refractivity (Wildman–Crippen MR) is 131 cm³/mol. The monoisotopic (exact) mass is 529 g/mol. The molecule has 0 radical (unpaired) electrons. The summed E-state index contributed by atoms with van der Waals surface area (Å²) in [7, 11) is 0. The molecule has 3 atom stereocenters. The Hall–Kier alpha value is -1.93. The Balaban J connectivity index is 1.65. The zero-order valence-corrected chi connectivity index (χ0v) is 19.8. The summed E-state index contributed by atoms with van der Waals surface area (Å²) in [5, 5.41) is 22.6. The van der Waals surface area contributed by atoms with Crippen molar-refractivity contribution in [2.45, 2.75) is 44.2 Å². The van der Waals surface area contributed by atoms with Crippen molar-refractivity contribution in [3.05, 3.63) is 99.1 Å². The highest BCUT2D eigenvalue weighted by atomic mass is 127. The number of rotatable bonds is 7. The molecule has 31 heavy (non-hydrogen) atoms. The molecule has 2 N–H and O–H groups in total. The molecule has 4 rings (SSSR count). The van der Waals surface area contributed by atoms with E-state index in [0.717, 1.165) is 24.2 Å². The molecule has 0 aromatic heterocycles. The lowest BCUT2D eigenvalue weighted by molar-refractivity contribution is -0.193. The first-order valence-corrected chi connectivity index (χ1v) is 11.7. The fraction of sp³-hybridized carbons (Fsp3) is 0.308. The van der Waals surface area contributed by atoms with Crippen LogP contribution in [0.4, 0.5) is 0 Å². The number of hydrogen-bond donors (Lipinski definition) is 2. The summed E-state index contributed by atoms with van der Waals surface area (Å²) in [4.78, 5) is 1.95. The molecule has 1 aliphatic rings. The first-order valence-electron chi connectivity index (χ1n) is 10.7. The van der Waals surface area contributed by atoms with Gasteiger partial charge in [-0.2, -0.15) is 0 Å². The van der Waals surface area contributed by atoms with Gasteiger partial charge in [-0.3, -0.25) is 4.90 Å². The molecule has 0 aliphatic carbocycles. The van der Waals surface area contributed by atoms with Crippen molar-refractivity contribution in [3.8, 4) is 5.75 Å². The van der Waals surface area contributed by atoms with Crippen molar-refractivity contribution in [1.29, 1.82) is 0 Å². The average Bonchev–Trinajstić information content (AvgIpc) is 2.79. The largest absolute Gasteiger partial charge is 0.489 e. The van der Waals surface area contributed by atoms with E-state index in [1.807, 2.05) is 71.6 Å². The van der Waals surface area contributed by atoms with Crippen LogP contribution in [-0.4, -0.2) is 33.9 Å². The maximum absolute atomic E-state index is 11.9. The Labute approximate surface area is 197 Å². The SMILES string of the molecule is C[C@H](O)C(O)(c1ccccc1)N(Cc1ccccc1)C[C@H]1CCc2cc(I)ccc2O1. The summed E-state index contributed by atoms with van der Waals surface area (Å²) in [5.41, 5.74) is 1.44. The van der Waals surface area contributed by atoms with Gasteiger partial charge in [0.15, 0.2) is 5.72 Å². The topological polar surface area (TPSA) is 52.9 Å². The summed E-state index contributed by atoms with van der Waals surface area (Å²) in [6.07, 6.45) is 0.735. The number of aliphatic hydroxyl groups is 2. The van der Waals surface area contributed by atoms with Gasteiger partial charge in [0.2, 0.25) is 0 Å². The second kappa shape index (κ2) is 9.69. The van der Waals surface area contributed by atoms with Gasteiger partial charge in [0, 0.05) is 22.2 Å². The van der Waals surface area contributed by atoms with E-state index in [4.69, 9.17) is 4.74 Å². The van der Waals surface area contributed by atoms with E-state index in [9.17, 15) is 10.2 Å². The van der Waals surface area contributed by atoms with Gasteiger partial charge in [-0.05, 0) is 71.7 Å². The normalized spacial score (nSPS) is 18.7. The maximum Gasteiger partial charge on any atom is 0.171 e. The van der Waals surface area contributed by atoms with Crippen LogP contribution < -0.4 is 4.74 Å². The zero-order valence-electron chi connectivity index (χ0n) is 17.6. The van der Waals surface area contributed by atoms with Gasteiger partial charge in [0.05, 0.1) is 6.10 Å². The van der Waals surface area contributed by atoms with Gasteiger partial charge in [0.25, 0.3) is 0 Å². The van der Waals surface area contributed by atoms with E-state index < -0.39 is 11.8 Å². The second-order valence-corrected chi connectivity index (χ2v) is 9.41. The second-order valence-electron chi connectivity index (χ2n) is 8.16. The standard InChI is InChI=1S/C26H28INO3/c1-19(29)26(30,22-10-6-3-7-11-22)28(17-20-8-4-2-5-9-20)18-24-14-12-21-16-23(27)13-15-25(21)31-24/h2-11,13,15-16,19,24,29-30H,12,14,17-18H2,1H3/t19-,24+,26?/m0/s1. The van der Waals surface area contributed by atoms with Crippen LogP contribution >= 0.6 is 22.6 Å². The van der Waals surface area contributed by atoms with Crippen molar-refractivity contribution < 1.29 is 14.9 Å². The number of fused-ring (bicyclic) bond motifs is 1. The Kier molecular flexibility index (Phi) is 6.96. The summed E-state index contributed by atoms with van der Waals surface area (Å²) in [5.74, 6) is 0.914. The smallest absolute Gasteiger partial charge is 0.171 e. The quantitative estimate of drug-likeness (QED) is 0.344. The third-order valence-electron chi connectivity index (χ3n) is 5.96. The molecule has 0 spiro atoms. The van der Waals surface area contributed by atoms with Gasteiger partial charge in [-0.15, -0.1) is 0 Å². The van der Waals surface area contributed by atoms with Crippen molar-refractivity contribution in [3.63, 3.8) is 0 Å². The molecule has 0 saturated heterocycles. The first-order chi connectivity index (χ1) is 15.0. The fourth-order valence-electron chi connectivity index (χ4n) is 4.29. The van der Waals surface area contributed by atoms with Crippen LogP contribution in [0.15, 0.2) is 78.9 Å². The predicted octanol–water partition coefficient (Wildman–Crippen LogP) is 4.71. The van der Waals surface area contributed by atoms with Crippen molar-refractivity contribution in [1.82, 2.24) is 4.90 Å². The van der Waals surface area contributed by atoms with Gasteiger partial charge in [0.1, 0.15) is 11.9 Å². The van der Waals surface area contributed by atoms with E-state index in [0.29, 0.717) is 18.7 Å². The van der Waals surface area contributed by atoms with Crippen LogP contribution in [0, 0.1) is 3.57 Å². The van der Waals surface area contributed by atoms with Crippen LogP contribution in [0.25, 0.3) is 0 Å². The number of benzene rings is 3. The molecule has 162 valence electrons. The number of aliphatic hydroxyl groups excluding tert-OH is 1. The Morgan fingerprint density at radius 1 is 1.06 bits per heavy atom. The summed E-state index contributed by atoms with van der Waals surface area (Å²) >= 11 is 2.32. The van der Waals surface area contributed by atoms with Crippen LogP contribution in [0.1, 0.15) is 30.0 Å². The Morgan fingerprint density at radius 2 is 1.74 bits per heavy atom. The molecule has 0 saturated carbocycles. The average molecular weight is 529 g/mol. The van der Waals surface area contributed by atoms with Gasteiger partial charge in [-0.1, -0.05) is 60.7 Å². The highest BCUT2D eigenvalue weighted by molar-refractivity contribution is 14.1. The first kappa shape index (κ1) is 22.3. The molecule has 1 unspecified atom stereocenters. The lowest BCUT2D eigenvalue weighted by Gasteiger charge is -2.44. The molecule has 3 aromatic rings. The minimum atomic E-state index is -1.53. The van der Waals surface area contributed by atoms with Crippen molar-refractivity contribution in [2.75, 3.05) is 6.54 Å².